The molecule has 0 aliphatic heterocycles. The summed E-state index contributed by atoms with van der Waals surface area (Å²) >= 11 is 5.81. The van der Waals surface area contributed by atoms with Gasteiger partial charge in [0, 0.05) is 16.3 Å². The maximum absolute atomic E-state index is 13.5. The molecule has 2 N–H and O–H groups in total. The Morgan fingerprint density at radius 2 is 2.25 bits per heavy atom. The molecule has 0 saturated heterocycles. The number of rotatable bonds is 2. The number of nitrogens with zero attached hydrogens (tertiary/aromatic N) is 2. The lowest BCUT2D eigenvalue weighted by Gasteiger charge is -2.08. The summed E-state index contributed by atoms with van der Waals surface area (Å²) < 4.78 is 15.2. The Morgan fingerprint density at radius 3 is 2.88 bits per heavy atom. The number of hydrogen-bond donors (Lipinski definition) is 1. The van der Waals surface area contributed by atoms with Crippen LogP contribution in [0.25, 0.3) is 0 Å². The highest BCUT2D eigenvalue weighted by Gasteiger charge is 2.08. The summed E-state index contributed by atoms with van der Waals surface area (Å²) in [7, 11) is 0. The van der Waals surface area contributed by atoms with E-state index in [2.05, 4.69) is 4.98 Å². The maximum Gasteiger partial charge on any atom is 0.200 e. The molecule has 2 aromatic rings. The fourth-order valence-electron chi connectivity index (χ4n) is 1.52. The summed E-state index contributed by atoms with van der Waals surface area (Å²) in [6.07, 6.45) is 1.65. The number of halogens is 2. The topological polar surface area (TPSA) is 43.8 Å². The first-order chi connectivity index (χ1) is 7.58. The van der Waals surface area contributed by atoms with Crippen molar-refractivity contribution in [1.82, 2.24) is 9.55 Å². The molecule has 16 heavy (non-hydrogen) atoms. The van der Waals surface area contributed by atoms with Crippen LogP contribution in [0.15, 0.2) is 24.4 Å². The van der Waals surface area contributed by atoms with Gasteiger partial charge in [0.05, 0.1) is 12.7 Å². The number of aryl methyl sites for hydroxylation is 1. The quantitative estimate of drug-likeness (QED) is 0.876. The van der Waals surface area contributed by atoms with Crippen molar-refractivity contribution in [3.63, 3.8) is 0 Å². The second-order valence-electron chi connectivity index (χ2n) is 3.58. The molecule has 0 bridgehead atoms. The smallest absolute Gasteiger partial charge is 0.200 e. The zero-order chi connectivity index (χ0) is 11.7. The third-order valence-corrected chi connectivity index (χ3v) is 2.66. The van der Waals surface area contributed by atoms with E-state index in [1.54, 1.807) is 16.8 Å². The highest BCUT2D eigenvalue weighted by molar-refractivity contribution is 6.30. The van der Waals surface area contributed by atoms with Crippen LogP contribution in [0.5, 0.6) is 0 Å². The maximum atomic E-state index is 13.5. The first kappa shape index (κ1) is 11.0. The number of benzene rings is 1. The lowest BCUT2D eigenvalue weighted by atomic mass is 10.2. The lowest BCUT2D eigenvalue weighted by molar-refractivity contribution is 0.599. The Morgan fingerprint density at radius 1 is 1.50 bits per heavy atom. The van der Waals surface area contributed by atoms with Crippen LogP contribution in [0, 0.1) is 12.7 Å². The standard InChI is InChI=1S/C11H11ClFN3/c1-7-5-15-11(14)16(7)6-8-4-9(12)2-3-10(8)13/h2-5H,6H2,1H3,(H2,14,15). The average molecular weight is 240 g/mol. The molecule has 1 aromatic carbocycles. The molecule has 0 amide bonds. The molecule has 1 heterocycles. The van der Waals surface area contributed by atoms with Crippen molar-refractivity contribution in [2.24, 2.45) is 0 Å². The minimum absolute atomic E-state index is 0.295. The third-order valence-electron chi connectivity index (χ3n) is 2.42. The Balaban J connectivity index is 2.37. The second kappa shape index (κ2) is 4.14. The summed E-state index contributed by atoms with van der Waals surface area (Å²) in [4.78, 5) is 3.95. The van der Waals surface area contributed by atoms with Crippen LogP contribution < -0.4 is 5.73 Å². The summed E-state index contributed by atoms with van der Waals surface area (Å²) in [6.45, 7) is 2.20. The van der Waals surface area contributed by atoms with Crippen molar-refractivity contribution < 1.29 is 4.39 Å². The molecule has 84 valence electrons. The first-order valence-electron chi connectivity index (χ1n) is 4.79. The molecule has 2 rings (SSSR count). The van der Waals surface area contributed by atoms with Gasteiger partial charge in [-0.15, -0.1) is 0 Å². The van der Waals surface area contributed by atoms with Gasteiger partial charge >= 0.3 is 0 Å². The normalized spacial score (nSPS) is 10.7. The minimum atomic E-state index is -0.295. The minimum Gasteiger partial charge on any atom is -0.369 e. The summed E-state index contributed by atoms with van der Waals surface area (Å²) in [6, 6.07) is 4.46. The number of hydrogen-bond acceptors (Lipinski definition) is 2. The van der Waals surface area contributed by atoms with Crippen molar-refractivity contribution >= 4 is 17.5 Å². The van der Waals surface area contributed by atoms with Crippen molar-refractivity contribution in [2.75, 3.05) is 5.73 Å². The first-order valence-corrected chi connectivity index (χ1v) is 5.17. The molecular weight excluding hydrogens is 229 g/mol. The Kier molecular flexibility index (Phi) is 2.83. The largest absolute Gasteiger partial charge is 0.369 e. The molecular formula is C11H11ClFN3. The number of anilines is 1. The van der Waals surface area contributed by atoms with Crippen LogP contribution in [-0.4, -0.2) is 9.55 Å². The summed E-state index contributed by atoms with van der Waals surface area (Å²) in [5, 5.41) is 0.507. The zero-order valence-electron chi connectivity index (χ0n) is 8.74. The average Bonchev–Trinajstić information content (AvgIpc) is 2.55. The molecule has 3 nitrogen and oxygen atoms in total. The zero-order valence-corrected chi connectivity index (χ0v) is 9.50. The number of nitrogens with two attached hydrogens (primary N) is 1. The van der Waals surface area contributed by atoms with E-state index in [9.17, 15) is 4.39 Å². The van der Waals surface area contributed by atoms with E-state index in [1.807, 2.05) is 6.92 Å². The van der Waals surface area contributed by atoms with Gasteiger partial charge in [-0.2, -0.15) is 0 Å². The van der Waals surface area contributed by atoms with E-state index in [4.69, 9.17) is 17.3 Å². The van der Waals surface area contributed by atoms with Gasteiger partial charge in [-0.1, -0.05) is 11.6 Å². The van der Waals surface area contributed by atoms with Gasteiger partial charge in [0.15, 0.2) is 0 Å². The van der Waals surface area contributed by atoms with Crippen LogP contribution in [0.3, 0.4) is 0 Å². The summed E-state index contributed by atoms with van der Waals surface area (Å²) in [5.74, 6) is 0.0776. The van der Waals surface area contributed by atoms with E-state index in [0.29, 0.717) is 23.1 Å². The fraction of sp³-hybridized carbons (Fsp3) is 0.182. The highest BCUT2D eigenvalue weighted by Crippen LogP contribution is 2.18. The van der Waals surface area contributed by atoms with Gasteiger partial charge in [0.25, 0.3) is 0 Å². The van der Waals surface area contributed by atoms with Gasteiger partial charge in [-0.25, -0.2) is 9.37 Å². The van der Waals surface area contributed by atoms with Crippen molar-refractivity contribution in [2.45, 2.75) is 13.5 Å². The van der Waals surface area contributed by atoms with E-state index in [0.717, 1.165) is 5.69 Å². The molecule has 0 saturated carbocycles. The van der Waals surface area contributed by atoms with Crippen LogP contribution in [0.4, 0.5) is 10.3 Å². The monoisotopic (exact) mass is 239 g/mol. The number of aromatic nitrogens is 2. The molecule has 0 radical (unpaired) electrons. The number of imidazole rings is 1. The van der Waals surface area contributed by atoms with E-state index < -0.39 is 0 Å². The van der Waals surface area contributed by atoms with E-state index in [1.165, 1.54) is 12.1 Å². The fourth-order valence-corrected chi connectivity index (χ4v) is 1.71. The van der Waals surface area contributed by atoms with Crippen molar-refractivity contribution in [1.29, 1.82) is 0 Å². The van der Waals surface area contributed by atoms with Crippen LogP contribution >= 0.6 is 11.6 Å². The highest BCUT2D eigenvalue weighted by atomic mass is 35.5. The molecule has 0 aliphatic rings. The molecule has 5 heteroatoms. The molecule has 1 aromatic heterocycles. The van der Waals surface area contributed by atoms with Crippen LogP contribution in [0.1, 0.15) is 11.3 Å². The van der Waals surface area contributed by atoms with Crippen molar-refractivity contribution in [3.8, 4) is 0 Å². The lowest BCUT2D eigenvalue weighted by Crippen LogP contribution is -2.07. The second-order valence-corrected chi connectivity index (χ2v) is 4.02. The predicted octanol–water partition coefficient (Wildman–Crippen LogP) is 2.61. The van der Waals surface area contributed by atoms with Gasteiger partial charge in [-0.3, -0.25) is 0 Å². The van der Waals surface area contributed by atoms with Gasteiger partial charge in [-0.05, 0) is 25.1 Å². The van der Waals surface area contributed by atoms with Crippen molar-refractivity contribution in [3.05, 3.63) is 46.5 Å². The molecule has 0 spiro atoms. The van der Waals surface area contributed by atoms with E-state index >= 15 is 0 Å². The molecule has 0 atom stereocenters. The third kappa shape index (κ3) is 2.02. The Bertz CT molecular complexity index is 502. The van der Waals surface area contributed by atoms with Gasteiger partial charge in [0.1, 0.15) is 5.82 Å². The summed E-state index contributed by atoms with van der Waals surface area (Å²) in [5.41, 5.74) is 7.06. The predicted molar refractivity (Wildman–Crippen MR) is 61.9 cm³/mol. The molecule has 0 unspecified atom stereocenters. The van der Waals surface area contributed by atoms with Gasteiger partial charge in [0.2, 0.25) is 5.95 Å². The Labute approximate surface area is 97.7 Å². The van der Waals surface area contributed by atoms with Crippen LogP contribution in [0.2, 0.25) is 5.02 Å². The Hall–Kier alpha value is -1.55. The van der Waals surface area contributed by atoms with Crippen LogP contribution in [-0.2, 0) is 6.54 Å². The number of nitrogen functional groups attached to an aromatic ring is 1. The van der Waals surface area contributed by atoms with Gasteiger partial charge < -0.3 is 10.3 Å². The molecule has 0 aliphatic carbocycles. The molecule has 0 fully saturated rings. The van der Waals surface area contributed by atoms with E-state index in [-0.39, 0.29) is 5.82 Å². The SMILES string of the molecule is Cc1cnc(N)n1Cc1cc(Cl)ccc1F.